The number of hydrogen-bond acceptors (Lipinski definition) is 3. The Balaban J connectivity index is 1.90. The molecule has 0 radical (unpaired) electrons. The lowest BCUT2D eigenvalue weighted by molar-refractivity contribution is -0.186. The zero-order chi connectivity index (χ0) is 18.4. The van der Waals surface area contributed by atoms with Gasteiger partial charge in [-0.2, -0.15) is 5.06 Å². The van der Waals surface area contributed by atoms with Gasteiger partial charge < -0.3 is 10.3 Å². The molecule has 1 aliphatic rings. The lowest BCUT2D eigenvalue weighted by Gasteiger charge is -2.29. The summed E-state index contributed by atoms with van der Waals surface area (Å²) in [6.45, 7) is 2.76. The maximum absolute atomic E-state index is 11.5. The predicted octanol–water partition coefficient (Wildman–Crippen LogP) is 6.17. The van der Waals surface area contributed by atoms with E-state index in [1.807, 2.05) is 0 Å². The van der Waals surface area contributed by atoms with E-state index in [0.717, 1.165) is 24.3 Å². The minimum atomic E-state index is -1.00. The number of carbonyl (C=O) groups is 1. The average Bonchev–Trinajstić information content (AvgIpc) is 2.97. The summed E-state index contributed by atoms with van der Waals surface area (Å²) < 4.78 is 0. The van der Waals surface area contributed by atoms with Crippen LogP contribution in [-0.2, 0) is 4.79 Å². The maximum Gasteiger partial charge on any atom is 0.326 e. The molecule has 0 bridgehead atoms. The third kappa shape index (κ3) is 8.54. The van der Waals surface area contributed by atoms with Crippen LogP contribution in [-0.4, -0.2) is 33.4 Å². The highest BCUT2D eigenvalue weighted by Gasteiger charge is 2.46. The predicted molar refractivity (Wildman–Crippen MR) is 103 cm³/mol. The second-order valence-corrected chi connectivity index (χ2v) is 7.91. The van der Waals surface area contributed by atoms with E-state index >= 15 is 0 Å². The number of hydrogen-bond donors (Lipinski definition) is 2. The van der Waals surface area contributed by atoms with Crippen molar-refractivity contribution in [2.45, 2.75) is 122 Å². The molecular formula is C21H41NO3. The van der Waals surface area contributed by atoms with E-state index in [9.17, 15) is 15.1 Å². The second kappa shape index (κ2) is 13.6. The van der Waals surface area contributed by atoms with Crippen LogP contribution in [0, 0.1) is 0 Å². The number of carboxylic acid groups (broad SMARTS) is 1. The van der Waals surface area contributed by atoms with Gasteiger partial charge in [0.2, 0.25) is 0 Å². The van der Waals surface area contributed by atoms with Crippen LogP contribution in [0.4, 0.5) is 0 Å². The zero-order valence-corrected chi connectivity index (χ0v) is 16.5. The minimum absolute atomic E-state index is 0.491. The highest BCUT2D eigenvalue weighted by molar-refractivity contribution is 5.78. The first-order chi connectivity index (χ1) is 12.1. The van der Waals surface area contributed by atoms with Crippen molar-refractivity contribution in [1.82, 2.24) is 5.06 Å². The van der Waals surface area contributed by atoms with E-state index < -0.39 is 11.5 Å². The highest BCUT2D eigenvalue weighted by atomic mass is 16.5. The van der Waals surface area contributed by atoms with Crippen molar-refractivity contribution in [3.63, 3.8) is 0 Å². The molecule has 1 fully saturated rings. The summed E-state index contributed by atoms with van der Waals surface area (Å²) in [6.07, 6.45) is 20.2. The van der Waals surface area contributed by atoms with Gasteiger partial charge in [-0.1, -0.05) is 96.8 Å². The van der Waals surface area contributed by atoms with E-state index in [1.165, 1.54) is 77.0 Å². The van der Waals surface area contributed by atoms with Gasteiger partial charge in [0.1, 0.15) is 5.54 Å². The Morgan fingerprint density at radius 1 is 0.840 bits per heavy atom. The fourth-order valence-electron chi connectivity index (χ4n) is 4.05. The SMILES string of the molecule is CCCCCCCCCCCCCCCC[C@@]1(C(=O)O)CCCN1O. The summed E-state index contributed by atoms with van der Waals surface area (Å²) in [5.74, 6) is -0.859. The number of rotatable bonds is 16. The van der Waals surface area contributed by atoms with Crippen LogP contribution in [0.2, 0.25) is 0 Å². The van der Waals surface area contributed by atoms with Crippen molar-refractivity contribution in [3.05, 3.63) is 0 Å². The van der Waals surface area contributed by atoms with Crippen LogP contribution in [0.5, 0.6) is 0 Å². The molecule has 1 atom stereocenters. The topological polar surface area (TPSA) is 60.8 Å². The first-order valence-electron chi connectivity index (χ1n) is 10.8. The number of carboxylic acids is 1. The van der Waals surface area contributed by atoms with Crippen LogP contribution < -0.4 is 0 Å². The van der Waals surface area contributed by atoms with Gasteiger partial charge in [-0.15, -0.1) is 0 Å². The van der Waals surface area contributed by atoms with Crippen LogP contribution in [0.25, 0.3) is 0 Å². The molecule has 0 aromatic rings. The Bertz CT molecular complexity index is 348. The maximum atomic E-state index is 11.5. The fourth-order valence-corrected chi connectivity index (χ4v) is 4.05. The average molecular weight is 356 g/mol. The Kier molecular flexibility index (Phi) is 12.2. The van der Waals surface area contributed by atoms with E-state index in [-0.39, 0.29) is 0 Å². The smallest absolute Gasteiger partial charge is 0.326 e. The largest absolute Gasteiger partial charge is 0.480 e. The number of aliphatic carboxylic acids is 1. The molecule has 2 N–H and O–H groups in total. The molecule has 0 spiro atoms. The molecular weight excluding hydrogens is 314 g/mol. The zero-order valence-electron chi connectivity index (χ0n) is 16.5. The summed E-state index contributed by atoms with van der Waals surface area (Å²) in [5, 5.41) is 20.4. The van der Waals surface area contributed by atoms with Crippen molar-refractivity contribution < 1.29 is 15.1 Å². The molecule has 0 unspecified atom stereocenters. The van der Waals surface area contributed by atoms with Gasteiger partial charge in [0.15, 0.2) is 0 Å². The molecule has 0 aliphatic carbocycles. The molecule has 0 aromatic carbocycles. The Morgan fingerprint density at radius 3 is 1.64 bits per heavy atom. The number of nitrogens with zero attached hydrogens (tertiary/aromatic N) is 1. The lowest BCUT2D eigenvalue weighted by atomic mass is 9.90. The lowest BCUT2D eigenvalue weighted by Crippen LogP contribution is -2.48. The van der Waals surface area contributed by atoms with Gasteiger partial charge in [0.05, 0.1) is 0 Å². The van der Waals surface area contributed by atoms with Gasteiger partial charge in [-0.25, -0.2) is 0 Å². The van der Waals surface area contributed by atoms with Crippen molar-refractivity contribution in [2.24, 2.45) is 0 Å². The first kappa shape index (κ1) is 22.4. The summed E-state index contributed by atoms with van der Waals surface area (Å²) in [6, 6.07) is 0. The van der Waals surface area contributed by atoms with Gasteiger partial charge in [-0.3, -0.25) is 4.79 Å². The van der Waals surface area contributed by atoms with Crippen LogP contribution >= 0.6 is 0 Å². The van der Waals surface area contributed by atoms with Crippen molar-refractivity contribution >= 4 is 5.97 Å². The van der Waals surface area contributed by atoms with Crippen LogP contribution in [0.15, 0.2) is 0 Å². The third-order valence-corrected chi connectivity index (χ3v) is 5.80. The van der Waals surface area contributed by atoms with Gasteiger partial charge in [0, 0.05) is 6.54 Å². The minimum Gasteiger partial charge on any atom is -0.480 e. The van der Waals surface area contributed by atoms with E-state index in [2.05, 4.69) is 6.92 Å². The molecule has 4 heteroatoms. The highest BCUT2D eigenvalue weighted by Crippen LogP contribution is 2.33. The Labute approximate surface area is 154 Å². The summed E-state index contributed by atoms with van der Waals surface area (Å²) in [7, 11) is 0. The quantitative estimate of drug-likeness (QED) is 0.325. The standard InChI is InChI=1S/C21H41NO3/c1-2-3-4-5-6-7-8-9-10-11-12-13-14-15-17-21(20(23)24)18-16-19-22(21)25/h25H,2-19H2,1H3,(H,23,24)/t21-/m0/s1. The normalized spacial score (nSPS) is 21.0. The number of unbranched alkanes of at least 4 members (excludes halogenated alkanes) is 13. The molecule has 0 amide bonds. The fraction of sp³-hybridized carbons (Fsp3) is 0.952. The molecule has 1 saturated heterocycles. The first-order valence-corrected chi connectivity index (χ1v) is 10.8. The summed E-state index contributed by atoms with van der Waals surface area (Å²) in [5.41, 5.74) is -1.00. The van der Waals surface area contributed by atoms with Crippen molar-refractivity contribution in [1.29, 1.82) is 0 Å². The molecule has 4 nitrogen and oxygen atoms in total. The molecule has 1 rings (SSSR count). The summed E-state index contributed by atoms with van der Waals surface area (Å²) >= 11 is 0. The molecule has 148 valence electrons. The molecule has 0 saturated carbocycles. The summed E-state index contributed by atoms with van der Waals surface area (Å²) in [4.78, 5) is 11.5. The van der Waals surface area contributed by atoms with Crippen molar-refractivity contribution in [3.8, 4) is 0 Å². The third-order valence-electron chi connectivity index (χ3n) is 5.80. The van der Waals surface area contributed by atoms with Crippen LogP contribution in [0.3, 0.4) is 0 Å². The molecule has 0 aromatic heterocycles. The number of hydroxylamine groups is 2. The van der Waals surface area contributed by atoms with Crippen LogP contribution in [0.1, 0.15) is 116 Å². The van der Waals surface area contributed by atoms with E-state index in [1.54, 1.807) is 0 Å². The van der Waals surface area contributed by atoms with E-state index in [0.29, 0.717) is 19.4 Å². The van der Waals surface area contributed by atoms with E-state index in [4.69, 9.17) is 0 Å². The second-order valence-electron chi connectivity index (χ2n) is 7.91. The van der Waals surface area contributed by atoms with Gasteiger partial charge in [0.25, 0.3) is 0 Å². The Morgan fingerprint density at radius 2 is 1.28 bits per heavy atom. The Hall–Kier alpha value is -0.610. The van der Waals surface area contributed by atoms with Crippen molar-refractivity contribution in [2.75, 3.05) is 6.54 Å². The van der Waals surface area contributed by atoms with Gasteiger partial charge >= 0.3 is 5.97 Å². The van der Waals surface area contributed by atoms with Gasteiger partial charge in [-0.05, 0) is 19.3 Å². The monoisotopic (exact) mass is 355 g/mol. The molecule has 1 aliphatic heterocycles. The molecule has 25 heavy (non-hydrogen) atoms. The molecule has 1 heterocycles.